The van der Waals surface area contributed by atoms with Crippen LogP contribution in [0.25, 0.3) is 0 Å². The van der Waals surface area contributed by atoms with Gasteiger partial charge in [0.25, 0.3) is 0 Å². The summed E-state index contributed by atoms with van der Waals surface area (Å²) in [5.41, 5.74) is 0.388. The number of allylic oxidation sites excluding steroid dienone is 4. The molecule has 0 radical (unpaired) electrons. The normalized spacial score (nSPS) is 26.9. The van der Waals surface area contributed by atoms with Gasteiger partial charge in [-0.25, -0.2) is 10.0 Å². The Hall–Kier alpha value is -0.170. The van der Waals surface area contributed by atoms with Gasteiger partial charge in [-0.15, -0.1) is 0 Å². The van der Waals surface area contributed by atoms with Crippen LogP contribution in [0.1, 0.15) is 89.0 Å². The number of rotatable bonds is 10. The van der Waals surface area contributed by atoms with Crippen LogP contribution in [-0.2, 0) is 0 Å². The maximum Gasteiger partial charge on any atom is -0.0114 e. The van der Waals surface area contributed by atoms with Gasteiger partial charge in [-0.3, -0.25) is 0 Å². The van der Waals surface area contributed by atoms with Gasteiger partial charge in [0.2, 0.25) is 0 Å². The van der Waals surface area contributed by atoms with Crippen molar-refractivity contribution in [3.05, 3.63) is 24.3 Å². The standard InChI is InChI=1S/C29H56S/c1-20(2)23(5)24(6)25(7)26(8)30(12,13)22(4)18-27(19-29(9,10)11)28-17-15-14-16-21(28)3/h14-17,20-28H,18-19H2,1-13H3. The summed E-state index contributed by atoms with van der Waals surface area (Å²) in [5.74, 6) is 5.27. The van der Waals surface area contributed by atoms with Crippen LogP contribution < -0.4 is 0 Å². The van der Waals surface area contributed by atoms with E-state index in [1.54, 1.807) is 0 Å². The summed E-state index contributed by atoms with van der Waals surface area (Å²) in [6.45, 7) is 27.2. The maximum atomic E-state index is 2.64. The Bertz CT molecular complexity index is 561. The summed E-state index contributed by atoms with van der Waals surface area (Å²) >= 11 is 0. The second kappa shape index (κ2) is 11.1. The van der Waals surface area contributed by atoms with E-state index in [9.17, 15) is 0 Å². The Kier molecular flexibility index (Phi) is 10.3. The van der Waals surface area contributed by atoms with Crippen LogP contribution in [-0.4, -0.2) is 23.0 Å². The summed E-state index contributed by atoms with van der Waals surface area (Å²) in [6.07, 6.45) is 17.4. The van der Waals surface area contributed by atoms with Gasteiger partial charge in [-0.1, -0.05) is 100 Å². The summed E-state index contributed by atoms with van der Waals surface area (Å²) in [7, 11) is -0.691. The van der Waals surface area contributed by atoms with Crippen molar-refractivity contribution in [2.75, 3.05) is 12.5 Å². The van der Waals surface area contributed by atoms with Gasteiger partial charge in [-0.2, -0.15) is 0 Å². The van der Waals surface area contributed by atoms with Gasteiger partial charge in [0.15, 0.2) is 0 Å². The van der Waals surface area contributed by atoms with Gasteiger partial charge in [-0.05, 0) is 82.7 Å². The third kappa shape index (κ3) is 7.46. The van der Waals surface area contributed by atoms with Crippen LogP contribution in [0.3, 0.4) is 0 Å². The van der Waals surface area contributed by atoms with Crippen LogP contribution in [0, 0.1) is 46.8 Å². The third-order valence-corrected chi connectivity index (χ3v) is 13.6. The highest BCUT2D eigenvalue weighted by molar-refractivity contribution is 8.33. The molecule has 0 saturated heterocycles. The van der Waals surface area contributed by atoms with E-state index in [1.807, 2.05) is 0 Å². The van der Waals surface area contributed by atoms with E-state index in [-0.39, 0.29) is 0 Å². The molecule has 0 bridgehead atoms. The second-order valence-electron chi connectivity index (χ2n) is 12.8. The molecule has 0 aromatic carbocycles. The average molecular weight is 437 g/mol. The first-order chi connectivity index (χ1) is 13.6. The molecule has 0 saturated carbocycles. The van der Waals surface area contributed by atoms with Crippen molar-refractivity contribution >= 4 is 10.0 Å². The predicted octanol–water partition coefficient (Wildman–Crippen LogP) is 9.21. The molecule has 8 atom stereocenters. The zero-order valence-electron chi connectivity index (χ0n) is 22.8. The van der Waals surface area contributed by atoms with Gasteiger partial charge < -0.3 is 0 Å². The molecule has 0 nitrogen and oxygen atoms in total. The van der Waals surface area contributed by atoms with E-state index in [0.29, 0.717) is 17.3 Å². The summed E-state index contributed by atoms with van der Waals surface area (Å²) < 4.78 is 0. The fourth-order valence-corrected chi connectivity index (χ4v) is 8.42. The minimum Gasteiger partial charge on any atom is -0.241 e. The molecule has 0 fully saturated rings. The van der Waals surface area contributed by atoms with Crippen molar-refractivity contribution in [1.29, 1.82) is 0 Å². The van der Waals surface area contributed by atoms with E-state index in [0.717, 1.165) is 40.1 Å². The van der Waals surface area contributed by atoms with Gasteiger partial charge >= 0.3 is 0 Å². The molecule has 30 heavy (non-hydrogen) atoms. The van der Waals surface area contributed by atoms with Gasteiger partial charge in [0, 0.05) is 0 Å². The molecule has 0 aliphatic heterocycles. The highest BCUT2D eigenvalue weighted by Crippen LogP contribution is 2.57. The minimum atomic E-state index is -0.691. The second-order valence-corrected chi connectivity index (χ2v) is 17.3. The molecule has 1 rings (SSSR count). The summed E-state index contributed by atoms with van der Waals surface area (Å²) in [4.78, 5) is 0. The Labute approximate surface area is 193 Å². The average Bonchev–Trinajstić information content (AvgIpc) is 2.64. The lowest BCUT2D eigenvalue weighted by Crippen LogP contribution is -2.36. The monoisotopic (exact) mass is 436 g/mol. The van der Waals surface area contributed by atoms with E-state index in [1.165, 1.54) is 12.8 Å². The lowest BCUT2D eigenvalue weighted by molar-refractivity contribution is 0.210. The molecule has 0 spiro atoms. The summed E-state index contributed by atoms with van der Waals surface area (Å²) in [5, 5.41) is 1.61. The molecule has 1 aliphatic rings. The molecule has 178 valence electrons. The number of hydrogen-bond donors (Lipinski definition) is 0. The Balaban J connectivity index is 3.01. The fourth-order valence-electron chi connectivity index (χ4n) is 5.59. The van der Waals surface area contributed by atoms with Crippen molar-refractivity contribution < 1.29 is 0 Å². The van der Waals surface area contributed by atoms with Gasteiger partial charge in [0.05, 0.1) is 0 Å². The zero-order chi connectivity index (χ0) is 23.4. The molecule has 0 aromatic heterocycles. The van der Waals surface area contributed by atoms with Crippen LogP contribution in [0.4, 0.5) is 0 Å². The maximum absolute atomic E-state index is 2.64. The molecule has 0 heterocycles. The van der Waals surface area contributed by atoms with Crippen molar-refractivity contribution in [3.63, 3.8) is 0 Å². The van der Waals surface area contributed by atoms with Crippen molar-refractivity contribution in [2.24, 2.45) is 46.8 Å². The van der Waals surface area contributed by atoms with Crippen LogP contribution >= 0.6 is 10.0 Å². The minimum absolute atomic E-state index is 0.388. The van der Waals surface area contributed by atoms with Crippen molar-refractivity contribution in [1.82, 2.24) is 0 Å². The molecule has 1 aliphatic carbocycles. The lowest BCUT2D eigenvalue weighted by atomic mass is 9.71. The molecular weight excluding hydrogens is 380 g/mol. The Morgan fingerprint density at radius 3 is 1.80 bits per heavy atom. The zero-order valence-corrected chi connectivity index (χ0v) is 23.6. The first-order valence-electron chi connectivity index (χ1n) is 12.7. The van der Waals surface area contributed by atoms with Gasteiger partial charge in [0.1, 0.15) is 0 Å². The first kappa shape index (κ1) is 27.9. The largest absolute Gasteiger partial charge is 0.241 e. The molecule has 1 heteroatoms. The third-order valence-electron chi connectivity index (χ3n) is 8.97. The highest BCUT2D eigenvalue weighted by Gasteiger charge is 2.37. The molecular formula is C29H56S. The Morgan fingerprint density at radius 1 is 0.800 bits per heavy atom. The molecule has 0 N–H and O–H groups in total. The molecule has 0 aromatic rings. The highest BCUT2D eigenvalue weighted by atomic mass is 32.3. The Morgan fingerprint density at radius 2 is 1.33 bits per heavy atom. The van der Waals surface area contributed by atoms with Crippen molar-refractivity contribution in [2.45, 2.75) is 99.5 Å². The number of hydrogen-bond acceptors (Lipinski definition) is 0. The van der Waals surface area contributed by atoms with Crippen LogP contribution in [0.5, 0.6) is 0 Å². The fraction of sp³-hybridized carbons (Fsp3) is 0.862. The molecule has 8 unspecified atom stereocenters. The SMILES string of the molecule is CC(C)C(C)C(C)C(C)C(C)S(C)(C)C(C)CC(CC(C)(C)C)C1C=CC=CC1C. The molecule has 0 amide bonds. The summed E-state index contributed by atoms with van der Waals surface area (Å²) in [6, 6.07) is 0. The topological polar surface area (TPSA) is 0 Å². The lowest BCUT2D eigenvalue weighted by Gasteiger charge is -2.50. The predicted molar refractivity (Wildman–Crippen MR) is 144 cm³/mol. The first-order valence-corrected chi connectivity index (χ1v) is 15.2. The quantitative estimate of drug-likeness (QED) is 0.320. The van der Waals surface area contributed by atoms with E-state index >= 15 is 0 Å². The van der Waals surface area contributed by atoms with E-state index in [4.69, 9.17) is 0 Å². The van der Waals surface area contributed by atoms with Crippen LogP contribution in [0.2, 0.25) is 0 Å². The van der Waals surface area contributed by atoms with Crippen LogP contribution in [0.15, 0.2) is 24.3 Å². The van der Waals surface area contributed by atoms with E-state index < -0.39 is 10.0 Å². The smallest absolute Gasteiger partial charge is 0.0114 e. The van der Waals surface area contributed by atoms with E-state index in [2.05, 4.69) is 113 Å². The van der Waals surface area contributed by atoms with Crippen molar-refractivity contribution in [3.8, 4) is 0 Å².